The van der Waals surface area contributed by atoms with Gasteiger partial charge in [0, 0.05) is 12.5 Å². The standard InChI is InChI=1S/C16H21ClO2S/c1-2-3-4-6-14-13(17)9-8-12(18)11-15(19-14)16-7-5-10-20-16/h5,7,10-11,13-14H,2-4,6,8-9H2,1H3/b15-11-/t13-,14+/m1/s1. The van der Waals surface area contributed by atoms with Crippen molar-refractivity contribution in [2.75, 3.05) is 0 Å². The topological polar surface area (TPSA) is 26.3 Å². The second kappa shape index (κ2) is 7.84. The first-order valence-electron chi connectivity index (χ1n) is 7.30. The Morgan fingerprint density at radius 2 is 2.30 bits per heavy atom. The van der Waals surface area contributed by atoms with Crippen molar-refractivity contribution in [1.29, 1.82) is 0 Å². The summed E-state index contributed by atoms with van der Waals surface area (Å²) >= 11 is 8.02. The number of ketones is 1. The van der Waals surface area contributed by atoms with Gasteiger partial charge in [-0.3, -0.25) is 4.79 Å². The van der Waals surface area contributed by atoms with Crippen LogP contribution in [0, 0.1) is 0 Å². The molecule has 0 amide bonds. The minimum atomic E-state index is -0.0838. The number of halogens is 1. The molecule has 1 aliphatic heterocycles. The summed E-state index contributed by atoms with van der Waals surface area (Å²) in [5, 5.41) is 1.91. The van der Waals surface area contributed by atoms with Crippen molar-refractivity contribution in [3.8, 4) is 0 Å². The van der Waals surface area contributed by atoms with E-state index in [1.54, 1.807) is 17.4 Å². The summed E-state index contributed by atoms with van der Waals surface area (Å²) in [6.07, 6.45) is 7.31. The molecule has 2 atom stereocenters. The Morgan fingerprint density at radius 3 is 3.00 bits per heavy atom. The van der Waals surface area contributed by atoms with Gasteiger partial charge < -0.3 is 4.74 Å². The molecule has 110 valence electrons. The average molecular weight is 313 g/mol. The van der Waals surface area contributed by atoms with Crippen LogP contribution in [0.15, 0.2) is 23.6 Å². The van der Waals surface area contributed by atoms with Gasteiger partial charge in [-0.05, 0) is 30.7 Å². The predicted molar refractivity (Wildman–Crippen MR) is 85.2 cm³/mol. The van der Waals surface area contributed by atoms with Gasteiger partial charge in [-0.25, -0.2) is 0 Å². The van der Waals surface area contributed by atoms with Crippen LogP contribution >= 0.6 is 22.9 Å². The Morgan fingerprint density at radius 1 is 1.45 bits per heavy atom. The van der Waals surface area contributed by atoms with Crippen LogP contribution < -0.4 is 0 Å². The van der Waals surface area contributed by atoms with E-state index in [9.17, 15) is 4.79 Å². The third-order valence-electron chi connectivity index (χ3n) is 3.50. The smallest absolute Gasteiger partial charge is 0.159 e. The van der Waals surface area contributed by atoms with E-state index in [2.05, 4.69) is 6.92 Å². The summed E-state index contributed by atoms with van der Waals surface area (Å²) in [5.41, 5.74) is 0. The van der Waals surface area contributed by atoms with Gasteiger partial charge >= 0.3 is 0 Å². The van der Waals surface area contributed by atoms with Gasteiger partial charge in [0.1, 0.15) is 11.9 Å². The fraction of sp³-hybridized carbons (Fsp3) is 0.562. The zero-order chi connectivity index (χ0) is 14.4. The van der Waals surface area contributed by atoms with Crippen molar-refractivity contribution >= 4 is 34.5 Å². The van der Waals surface area contributed by atoms with Gasteiger partial charge in [0.2, 0.25) is 0 Å². The fourth-order valence-corrected chi connectivity index (χ4v) is 3.31. The Kier molecular flexibility index (Phi) is 6.11. The van der Waals surface area contributed by atoms with Crippen LogP contribution in [-0.2, 0) is 9.53 Å². The maximum atomic E-state index is 11.8. The Balaban J connectivity index is 2.12. The number of carbonyl (C=O) groups excluding carboxylic acids is 1. The van der Waals surface area contributed by atoms with E-state index < -0.39 is 0 Å². The molecule has 0 bridgehead atoms. The van der Waals surface area contributed by atoms with Crippen molar-refractivity contribution in [2.45, 2.75) is 56.9 Å². The van der Waals surface area contributed by atoms with Crippen molar-refractivity contribution in [1.82, 2.24) is 0 Å². The first-order chi connectivity index (χ1) is 9.70. The molecule has 2 nitrogen and oxygen atoms in total. The van der Waals surface area contributed by atoms with Gasteiger partial charge in [0.25, 0.3) is 0 Å². The van der Waals surface area contributed by atoms with Crippen LogP contribution in [-0.4, -0.2) is 17.3 Å². The first kappa shape index (κ1) is 15.6. The number of rotatable bonds is 5. The summed E-state index contributed by atoms with van der Waals surface area (Å²) in [6.45, 7) is 2.19. The molecular formula is C16H21ClO2S. The molecule has 0 spiro atoms. The van der Waals surface area contributed by atoms with Crippen LogP contribution in [0.2, 0.25) is 0 Å². The zero-order valence-corrected chi connectivity index (χ0v) is 13.4. The molecule has 0 aromatic carbocycles. The molecule has 0 saturated carbocycles. The normalized spacial score (nSPS) is 26.3. The highest BCUT2D eigenvalue weighted by Gasteiger charge is 2.25. The van der Waals surface area contributed by atoms with E-state index in [4.69, 9.17) is 16.3 Å². The second-order valence-corrected chi connectivity index (χ2v) is 6.67. The SMILES string of the molecule is CCCCC[C@@H]1O/C(c2cccs2)=C\C(=O)CC[C@H]1Cl. The molecule has 1 aromatic heterocycles. The maximum absolute atomic E-state index is 11.8. The Bertz CT molecular complexity index is 453. The molecular weight excluding hydrogens is 292 g/mol. The monoisotopic (exact) mass is 312 g/mol. The largest absolute Gasteiger partial charge is 0.487 e. The molecule has 4 heteroatoms. The summed E-state index contributed by atoms with van der Waals surface area (Å²) in [7, 11) is 0. The number of alkyl halides is 1. The molecule has 2 heterocycles. The van der Waals surface area contributed by atoms with Crippen molar-refractivity contribution in [2.24, 2.45) is 0 Å². The van der Waals surface area contributed by atoms with E-state index in [1.807, 2.05) is 17.5 Å². The number of ether oxygens (including phenoxy) is 1. The molecule has 0 aliphatic carbocycles. The minimum Gasteiger partial charge on any atom is -0.487 e. The highest BCUT2D eigenvalue weighted by atomic mass is 35.5. The third-order valence-corrected chi connectivity index (χ3v) is 4.88. The van der Waals surface area contributed by atoms with Gasteiger partial charge in [-0.15, -0.1) is 22.9 Å². The summed E-state index contributed by atoms with van der Waals surface area (Å²) < 4.78 is 6.08. The van der Waals surface area contributed by atoms with E-state index in [1.165, 1.54) is 12.8 Å². The summed E-state index contributed by atoms with van der Waals surface area (Å²) in [6, 6.07) is 3.95. The molecule has 0 saturated heterocycles. The highest BCUT2D eigenvalue weighted by molar-refractivity contribution is 7.11. The number of hydrogen-bond acceptors (Lipinski definition) is 3. The van der Waals surface area contributed by atoms with Gasteiger partial charge in [-0.2, -0.15) is 0 Å². The highest BCUT2D eigenvalue weighted by Crippen LogP contribution is 2.30. The lowest BCUT2D eigenvalue weighted by molar-refractivity contribution is -0.115. The minimum absolute atomic E-state index is 0.00432. The Labute approximate surface area is 129 Å². The van der Waals surface area contributed by atoms with E-state index >= 15 is 0 Å². The van der Waals surface area contributed by atoms with Gasteiger partial charge in [0.05, 0.1) is 10.3 Å². The van der Waals surface area contributed by atoms with Gasteiger partial charge in [-0.1, -0.05) is 25.8 Å². The number of unbranched alkanes of at least 4 members (excludes halogenated alkanes) is 2. The second-order valence-electron chi connectivity index (χ2n) is 5.16. The fourth-order valence-electron chi connectivity index (χ4n) is 2.34. The number of allylic oxidation sites excluding steroid dienone is 1. The molecule has 2 rings (SSSR count). The van der Waals surface area contributed by atoms with Crippen LogP contribution in [0.1, 0.15) is 50.3 Å². The van der Waals surface area contributed by atoms with E-state index in [0.717, 1.165) is 17.7 Å². The van der Waals surface area contributed by atoms with Crippen LogP contribution in [0.5, 0.6) is 0 Å². The first-order valence-corrected chi connectivity index (χ1v) is 8.61. The third kappa shape index (κ3) is 4.35. The van der Waals surface area contributed by atoms with Crippen molar-refractivity contribution in [3.63, 3.8) is 0 Å². The summed E-state index contributed by atoms with van der Waals surface area (Å²) in [5.74, 6) is 0.794. The van der Waals surface area contributed by atoms with Crippen LogP contribution in [0.4, 0.5) is 0 Å². The van der Waals surface area contributed by atoms with Gasteiger partial charge in [0.15, 0.2) is 5.78 Å². The van der Waals surface area contributed by atoms with E-state index in [0.29, 0.717) is 18.6 Å². The quantitative estimate of drug-likeness (QED) is 0.563. The maximum Gasteiger partial charge on any atom is 0.159 e. The number of hydrogen-bond donors (Lipinski definition) is 0. The number of thiophene rings is 1. The number of carbonyl (C=O) groups is 1. The van der Waals surface area contributed by atoms with Crippen LogP contribution in [0.3, 0.4) is 0 Å². The molecule has 0 fully saturated rings. The van der Waals surface area contributed by atoms with Crippen molar-refractivity contribution in [3.05, 3.63) is 28.5 Å². The van der Waals surface area contributed by atoms with E-state index in [-0.39, 0.29) is 17.3 Å². The zero-order valence-electron chi connectivity index (χ0n) is 11.8. The lowest BCUT2D eigenvalue weighted by Gasteiger charge is -2.26. The lowest BCUT2D eigenvalue weighted by Crippen LogP contribution is -2.26. The average Bonchev–Trinajstić information content (AvgIpc) is 2.95. The van der Waals surface area contributed by atoms with Crippen molar-refractivity contribution < 1.29 is 9.53 Å². The summed E-state index contributed by atoms with van der Waals surface area (Å²) in [4.78, 5) is 12.8. The lowest BCUT2D eigenvalue weighted by atomic mass is 10.0. The molecule has 20 heavy (non-hydrogen) atoms. The Hall–Kier alpha value is -0.800. The van der Waals surface area contributed by atoms with Crippen LogP contribution in [0.25, 0.3) is 5.76 Å². The molecule has 1 aromatic rings. The molecule has 0 unspecified atom stereocenters. The molecule has 0 N–H and O–H groups in total. The predicted octanol–water partition coefficient (Wildman–Crippen LogP) is 5.02. The molecule has 1 aliphatic rings. The molecule has 0 radical (unpaired) electrons.